The van der Waals surface area contributed by atoms with Crippen LogP contribution in [0.5, 0.6) is 5.75 Å². The van der Waals surface area contributed by atoms with Crippen molar-refractivity contribution in [3.8, 4) is 5.75 Å². The van der Waals surface area contributed by atoms with Gasteiger partial charge in [0.2, 0.25) is 0 Å². The Morgan fingerprint density at radius 3 is 2.26 bits per heavy atom. The first-order valence-corrected chi connectivity index (χ1v) is 6.37. The molecule has 1 N–H and O–H groups in total. The zero-order chi connectivity index (χ0) is 13.6. The van der Waals surface area contributed by atoms with Crippen molar-refractivity contribution in [2.24, 2.45) is 0 Å². The minimum Gasteiger partial charge on any atom is -0.507 e. The lowest BCUT2D eigenvalue weighted by Gasteiger charge is -2.13. The van der Waals surface area contributed by atoms with Crippen LogP contribution in [0.3, 0.4) is 0 Å². The minimum absolute atomic E-state index is 0.0285. The molecule has 0 bridgehead atoms. The van der Waals surface area contributed by atoms with E-state index in [-0.39, 0.29) is 17.1 Å². The van der Waals surface area contributed by atoms with E-state index >= 15 is 0 Å². The van der Waals surface area contributed by atoms with Crippen LogP contribution in [0.2, 0.25) is 10.0 Å². The number of fused-ring (bicyclic) bond motifs is 1. The van der Waals surface area contributed by atoms with Crippen molar-refractivity contribution in [1.29, 1.82) is 0 Å². The number of phenolic OH excluding ortho intramolecular Hbond substituents is 1. The van der Waals surface area contributed by atoms with E-state index in [9.17, 15) is 9.90 Å². The van der Waals surface area contributed by atoms with Crippen LogP contribution < -0.4 is 0 Å². The van der Waals surface area contributed by atoms with E-state index in [4.69, 9.17) is 23.2 Å². The SMILES string of the molecule is O=C(c1ccc(Cl)c(Cl)c1)c1cc2c(cc1O)C=C2. The largest absolute Gasteiger partial charge is 0.507 e. The van der Waals surface area contributed by atoms with Crippen molar-refractivity contribution in [1.82, 2.24) is 0 Å². The summed E-state index contributed by atoms with van der Waals surface area (Å²) in [4.78, 5) is 12.3. The second kappa shape index (κ2) is 4.41. The molecular formula is C15H8Cl2O2. The number of ketones is 1. The van der Waals surface area contributed by atoms with Crippen molar-refractivity contribution >= 4 is 41.1 Å². The standard InChI is InChI=1S/C15H8Cl2O2/c16-12-4-3-10(6-13(12)17)15(19)11-5-8-1-2-9(8)7-14(11)18/h1-7,18H. The molecule has 2 nitrogen and oxygen atoms in total. The predicted molar refractivity (Wildman–Crippen MR) is 76.9 cm³/mol. The predicted octanol–water partition coefficient (Wildman–Crippen LogP) is 4.41. The third kappa shape index (κ3) is 2.03. The van der Waals surface area contributed by atoms with Crippen LogP contribution in [0, 0.1) is 0 Å². The van der Waals surface area contributed by atoms with Gasteiger partial charge in [-0.1, -0.05) is 35.4 Å². The number of aromatic hydroxyl groups is 1. The third-order valence-electron chi connectivity index (χ3n) is 3.07. The Hall–Kier alpha value is -1.77. The molecule has 1 aliphatic carbocycles. The van der Waals surface area contributed by atoms with E-state index in [0.29, 0.717) is 15.6 Å². The van der Waals surface area contributed by atoms with Crippen LogP contribution >= 0.6 is 23.2 Å². The molecule has 0 saturated heterocycles. The van der Waals surface area contributed by atoms with E-state index in [1.807, 2.05) is 12.2 Å². The third-order valence-corrected chi connectivity index (χ3v) is 3.81. The fourth-order valence-electron chi connectivity index (χ4n) is 1.97. The highest BCUT2D eigenvalue weighted by atomic mass is 35.5. The summed E-state index contributed by atoms with van der Waals surface area (Å²) < 4.78 is 0. The zero-order valence-corrected chi connectivity index (χ0v) is 11.2. The Morgan fingerprint density at radius 2 is 1.63 bits per heavy atom. The Balaban J connectivity index is 2.05. The number of hydrogen-bond donors (Lipinski definition) is 1. The zero-order valence-electron chi connectivity index (χ0n) is 9.65. The summed E-state index contributed by atoms with van der Waals surface area (Å²) in [5, 5.41) is 10.6. The highest BCUT2D eigenvalue weighted by Crippen LogP contribution is 2.32. The number of halogens is 2. The molecule has 0 unspecified atom stereocenters. The maximum atomic E-state index is 12.3. The lowest BCUT2D eigenvalue weighted by Crippen LogP contribution is -2.04. The van der Waals surface area contributed by atoms with E-state index in [2.05, 4.69) is 0 Å². The first-order valence-electron chi connectivity index (χ1n) is 5.61. The summed E-state index contributed by atoms with van der Waals surface area (Å²) in [7, 11) is 0. The van der Waals surface area contributed by atoms with Crippen molar-refractivity contribution < 1.29 is 9.90 Å². The summed E-state index contributed by atoms with van der Waals surface area (Å²) >= 11 is 11.7. The number of carbonyl (C=O) groups is 1. The summed E-state index contributed by atoms with van der Waals surface area (Å²) in [6.07, 6.45) is 3.77. The van der Waals surface area contributed by atoms with Crippen LogP contribution in [0.15, 0.2) is 30.3 Å². The minimum atomic E-state index is -0.279. The second-order valence-corrected chi connectivity index (χ2v) is 5.10. The average Bonchev–Trinajstić information content (AvgIpc) is 2.36. The van der Waals surface area contributed by atoms with E-state index in [1.165, 1.54) is 6.07 Å². The molecule has 94 valence electrons. The van der Waals surface area contributed by atoms with Crippen LogP contribution in [0.1, 0.15) is 27.0 Å². The molecule has 2 aromatic carbocycles. The van der Waals surface area contributed by atoms with Gasteiger partial charge >= 0.3 is 0 Å². The number of benzene rings is 2. The molecule has 0 heterocycles. The van der Waals surface area contributed by atoms with Crippen molar-refractivity contribution in [3.05, 3.63) is 62.6 Å². The van der Waals surface area contributed by atoms with Gasteiger partial charge in [-0.3, -0.25) is 4.79 Å². The second-order valence-electron chi connectivity index (χ2n) is 4.29. The fourth-order valence-corrected chi connectivity index (χ4v) is 2.27. The molecule has 19 heavy (non-hydrogen) atoms. The van der Waals surface area contributed by atoms with Crippen LogP contribution in [0.25, 0.3) is 12.2 Å². The van der Waals surface area contributed by atoms with Gasteiger partial charge in [0.25, 0.3) is 0 Å². The van der Waals surface area contributed by atoms with Gasteiger partial charge in [0.1, 0.15) is 5.75 Å². The van der Waals surface area contributed by atoms with E-state index in [1.54, 1.807) is 24.3 Å². The van der Waals surface area contributed by atoms with Crippen molar-refractivity contribution in [2.45, 2.75) is 0 Å². The summed E-state index contributed by atoms with van der Waals surface area (Å²) in [6.45, 7) is 0. The highest BCUT2D eigenvalue weighted by molar-refractivity contribution is 6.42. The molecular weight excluding hydrogens is 283 g/mol. The molecule has 0 saturated carbocycles. The molecule has 0 fully saturated rings. The summed E-state index contributed by atoms with van der Waals surface area (Å²) in [5.74, 6) is -0.307. The van der Waals surface area contributed by atoms with Gasteiger partial charge in [-0.15, -0.1) is 0 Å². The van der Waals surface area contributed by atoms with Gasteiger partial charge < -0.3 is 5.11 Å². The molecule has 1 aliphatic rings. The smallest absolute Gasteiger partial charge is 0.196 e. The molecule has 0 spiro atoms. The molecule has 3 rings (SSSR count). The Labute approximate surface area is 119 Å². The Kier molecular flexibility index (Phi) is 2.85. The molecule has 0 aliphatic heterocycles. The number of rotatable bonds is 2. The fraction of sp³-hybridized carbons (Fsp3) is 0. The first kappa shape index (κ1) is 12.3. The summed E-state index contributed by atoms with van der Waals surface area (Å²) in [6, 6.07) is 7.91. The van der Waals surface area contributed by atoms with Gasteiger partial charge in [0.15, 0.2) is 5.78 Å². The molecule has 0 amide bonds. The van der Waals surface area contributed by atoms with Crippen LogP contribution in [-0.2, 0) is 0 Å². The number of hydrogen-bond acceptors (Lipinski definition) is 2. The maximum Gasteiger partial charge on any atom is 0.196 e. The Morgan fingerprint density at radius 1 is 0.947 bits per heavy atom. The summed E-state index contributed by atoms with van der Waals surface area (Å²) in [5.41, 5.74) is 2.54. The van der Waals surface area contributed by atoms with Gasteiger partial charge in [-0.25, -0.2) is 0 Å². The monoisotopic (exact) mass is 290 g/mol. The number of carbonyl (C=O) groups excluding carboxylic acids is 1. The van der Waals surface area contributed by atoms with E-state index < -0.39 is 0 Å². The molecule has 0 radical (unpaired) electrons. The number of phenols is 1. The topological polar surface area (TPSA) is 37.3 Å². The van der Waals surface area contributed by atoms with Crippen LogP contribution in [-0.4, -0.2) is 10.9 Å². The molecule has 4 heteroatoms. The quantitative estimate of drug-likeness (QED) is 0.710. The van der Waals surface area contributed by atoms with Gasteiger partial charge in [0.05, 0.1) is 15.6 Å². The van der Waals surface area contributed by atoms with E-state index in [0.717, 1.165) is 11.1 Å². The maximum absolute atomic E-state index is 12.3. The molecule has 2 aromatic rings. The lowest BCUT2D eigenvalue weighted by atomic mass is 9.92. The van der Waals surface area contributed by atoms with Crippen molar-refractivity contribution in [2.75, 3.05) is 0 Å². The van der Waals surface area contributed by atoms with Gasteiger partial charge in [-0.2, -0.15) is 0 Å². The Bertz CT molecular complexity index is 733. The normalized spacial score (nSPS) is 11.9. The van der Waals surface area contributed by atoms with Gasteiger partial charge in [0, 0.05) is 5.56 Å². The first-order chi connectivity index (χ1) is 9.06. The molecule has 0 aromatic heterocycles. The van der Waals surface area contributed by atoms with Gasteiger partial charge in [-0.05, 0) is 41.5 Å². The highest BCUT2D eigenvalue weighted by Gasteiger charge is 2.18. The average molecular weight is 291 g/mol. The van der Waals surface area contributed by atoms with Crippen LogP contribution in [0.4, 0.5) is 0 Å². The lowest BCUT2D eigenvalue weighted by molar-refractivity contribution is 0.103. The molecule has 0 atom stereocenters. The van der Waals surface area contributed by atoms with Crippen molar-refractivity contribution in [3.63, 3.8) is 0 Å².